The van der Waals surface area contributed by atoms with E-state index in [0.717, 1.165) is 0 Å². The summed E-state index contributed by atoms with van der Waals surface area (Å²) in [5, 5.41) is 0.702. The van der Waals surface area contributed by atoms with E-state index in [-0.39, 0.29) is 5.56 Å². The number of ether oxygens (including phenoxy) is 1. The van der Waals surface area contributed by atoms with Gasteiger partial charge >= 0.3 is 5.97 Å². The highest BCUT2D eigenvalue weighted by atomic mass is 16.5. The lowest BCUT2D eigenvalue weighted by atomic mass is 10.2. The van der Waals surface area contributed by atoms with Crippen molar-refractivity contribution >= 4 is 22.5 Å². The standard InChI is InChI=1S/C14H12N2O3/c1-8-7-11(17)16-10-6-4-3-5-9(10)12(13(16)15-8)14(18)19-2/h3-7,15H,1-2H3. The fourth-order valence-corrected chi connectivity index (χ4v) is 2.37. The summed E-state index contributed by atoms with van der Waals surface area (Å²) in [7, 11) is 1.33. The molecule has 3 rings (SSSR count). The Bertz CT molecular complexity index is 858. The third-order valence-corrected chi connectivity index (χ3v) is 3.14. The average Bonchev–Trinajstić information content (AvgIpc) is 2.71. The highest BCUT2D eigenvalue weighted by Crippen LogP contribution is 2.24. The molecule has 0 spiro atoms. The predicted molar refractivity (Wildman–Crippen MR) is 71.6 cm³/mol. The number of nitrogens with one attached hydrogen (secondary N) is 1. The summed E-state index contributed by atoms with van der Waals surface area (Å²) >= 11 is 0. The number of fused-ring (bicyclic) bond motifs is 3. The van der Waals surface area contributed by atoms with Crippen molar-refractivity contribution in [2.24, 2.45) is 0 Å². The molecule has 3 aromatic rings. The second-order valence-corrected chi connectivity index (χ2v) is 4.36. The Kier molecular flexibility index (Phi) is 2.41. The molecular formula is C14H12N2O3. The van der Waals surface area contributed by atoms with Gasteiger partial charge in [0.1, 0.15) is 11.2 Å². The zero-order chi connectivity index (χ0) is 13.6. The Labute approximate surface area is 108 Å². The number of para-hydroxylation sites is 1. The van der Waals surface area contributed by atoms with E-state index in [0.29, 0.717) is 27.8 Å². The first-order chi connectivity index (χ1) is 9.13. The van der Waals surface area contributed by atoms with Crippen molar-refractivity contribution in [3.63, 3.8) is 0 Å². The predicted octanol–water partition coefficient (Wildman–Crippen LogP) is 1.88. The molecule has 0 fully saturated rings. The van der Waals surface area contributed by atoms with E-state index in [1.54, 1.807) is 19.1 Å². The largest absolute Gasteiger partial charge is 0.465 e. The molecule has 1 N–H and O–H groups in total. The summed E-state index contributed by atoms with van der Waals surface area (Å²) < 4.78 is 6.31. The van der Waals surface area contributed by atoms with Crippen LogP contribution in [-0.4, -0.2) is 22.5 Å². The van der Waals surface area contributed by atoms with Gasteiger partial charge in [0.05, 0.1) is 12.6 Å². The number of carbonyl (C=O) groups is 1. The SMILES string of the molecule is COC(=O)c1c2ccccc2n2c(=O)cc(C)[nH]c12. The fourth-order valence-electron chi connectivity index (χ4n) is 2.37. The molecule has 0 amide bonds. The minimum atomic E-state index is -0.458. The molecule has 0 radical (unpaired) electrons. The number of methoxy groups -OCH3 is 1. The molecule has 5 heteroatoms. The first kappa shape index (κ1) is 11.5. The number of H-pyrrole nitrogens is 1. The van der Waals surface area contributed by atoms with Crippen molar-refractivity contribution in [3.05, 3.63) is 51.9 Å². The Morgan fingerprint density at radius 3 is 2.79 bits per heavy atom. The van der Waals surface area contributed by atoms with E-state index in [1.807, 2.05) is 12.1 Å². The van der Waals surface area contributed by atoms with Crippen molar-refractivity contribution in [1.29, 1.82) is 0 Å². The summed E-state index contributed by atoms with van der Waals surface area (Å²) in [6, 6.07) is 8.76. The number of nitrogens with zero attached hydrogens (tertiary/aromatic N) is 1. The van der Waals surface area contributed by atoms with Crippen LogP contribution in [0.5, 0.6) is 0 Å². The molecular weight excluding hydrogens is 244 g/mol. The quantitative estimate of drug-likeness (QED) is 0.676. The lowest BCUT2D eigenvalue weighted by Gasteiger charge is -2.00. The van der Waals surface area contributed by atoms with E-state index in [1.165, 1.54) is 17.6 Å². The summed E-state index contributed by atoms with van der Waals surface area (Å²) in [6.45, 7) is 1.78. The smallest absolute Gasteiger partial charge is 0.342 e. The Hall–Kier alpha value is -2.56. The summed E-state index contributed by atoms with van der Waals surface area (Å²) in [5.74, 6) is -0.458. The van der Waals surface area contributed by atoms with Gasteiger partial charge in [-0.05, 0) is 13.0 Å². The van der Waals surface area contributed by atoms with Crippen LogP contribution in [0, 0.1) is 6.92 Å². The molecule has 0 bridgehead atoms. The minimum absolute atomic E-state index is 0.169. The van der Waals surface area contributed by atoms with Gasteiger partial charge in [0, 0.05) is 17.1 Å². The molecule has 0 unspecified atom stereocenters. The Morgan fingerprint density at radius 2 is 2.05 bits per heavy atom. The van der Waals surface area contributed by atoms with Gasteiger partial charge in [-0.25, -0.2) is 4.79 Å². The molecule has 0 saturated carbocycles. The van der Waals surface area contributed by atoms with Gasteiger partial charge < -0.3 is 9.72 Å². The van der Waals surface area contributed by atoms with Crippen LogP contribution in [0.25, 0.3) is 16.6 Å². The number of hydrogen-bond acceptors (Lipinski definition) is 3. The molecule has 2 aromatic heterocycles. The van der Waals surface area contributed by atoms with Crippen molar-refractivity contribution in [2.45, 2.75) is 6.92 Å². The summed E-state index contributed by atoms with van der Waals surface area (Å²) in [5.41, 5.74) is 2.08. The van der Waals surface area contributed by atoms with Crippen LogP contribution in [0.3, 0.4) is 0 Å². The van der Waals surface area contributed by atoms with Gasteiger partial charge in [0.15, 0.2) is 0 Å². The van der Waals surface area contributed by atoms with Crippen LogP contribution < -0.4 is 5.56 Å². The molecule has 2 heterocycles. The first-order valence-electron chi connectivity index (χ1n) is 5.85. The molecule has 0 aliphatic rings. The Balaban J connectivity index is 2.63. The first-order valence-corrected chi connectivity index (χ1v) is 5.85. The van der Waals surface area contributed by atoms with E-state index < -0.39 is 5.97 Å². The van der Waals surface area contributed by atoms with Gasteiger partial charge in [0.25, 0.3) is 5.56 Å². The highest BCUT2D eigenvalue weighted by Gasteiger charge is 2.20. The van der Waals surface area contributed by atoms with Gasteiger partial charge in [-0.1, -0.05) is 18.2 Å². The van der Waals surface area contributed by atoms with Crippen LogP contribution in [0.15, 0.2) is 35.1 Å². The van der Waals surface area contributed by atoms with Crippen LogP contribution in [0.2, 0.25) is 0 Å². The van der Waals surface area contributed by atoms with Crippen LogP contribution >= 0.6 is 0 Å². The minimum Gasteiger partial charge on any atom is -0.465 e. The Morgan fingerprint density at radius 1 is 1.32 bits per heavy atom. The van der Waals surface area contributed by atoms with Gasteiger partial charge in [-0.3, -0.25) is 9.20 Å². The number of carbonyl (C=O) groups excluding carboxylic acids is 1. The van der Waals surface area contributed by atoms with E-state index in [4.69, 9.17) is 4.74 Å². The number of benzene rings is 1. The number of aryl methyl sites for hydroxylation is 1. The topological polar surface area (TPSA) is 63.6 Å². The van der Waals surface area contributed by atoms with Crippen molar-refractivity contribution < 1.29 is 9.53 Å². The van der Waals surface area contributed by atoms with Gasteiger partial charge in [0.2, 0.25) is 0 Å². The van der Waals surface area contributed by atoms with Crippen LogP contribution in [-0.2, 0) is 4.74 Å². The zero-order valence-electron chi connectivity index (χ0n) is 10.6. The molecule has 0 saturated heterocycles. The molecule has 96 valence electrons. The monoisotopic (exact) mass is 256 g/mol. The maximum atomic E-state index is 12.1. The summed E-state index contributed by atoms with van der Waals surface area (Å²) in [6.07, 6.45) is 0. The fraction of sp³-hybridized carbons (Fsp3) is 0.143. The molecule has 0 aliphatic heterocycles. The molecule has 19 heavy (non-hydrogen) atoms. The number of hydrogen-bond donors (Lipinski definition) is 1. The van der Waals surface area contributed by atoms with Gasteiger partial charge in [-0.2, -0.15) is 0 Å². The molecule has 1 aromatic carbocycles. The number of aromatic nitrogens is 2. The van der Waals surface area contributed by atoms with E-state index in [2.05, 4.69) is 4.98 Å². The third-order valence-electron chi connectivity index (χ3n) is 3.14. The molecule has 0 atom stereocenters. The highest BCUT2D eigenvalue weighted by molar-refractivity contribution is 6.10. The summed E-state index contributed by atoms with van der Waals surface area (Å²) in [4.78, 5) is 27.2. The molecule has 5 nitrogen and oxygen atoms in total. The normalized spacial score (nSPS) is 11.1. The average molecular weight is 256 g/mol. The lowest BCUT2D eigenvalue weighted by Crippen LogP contribution is -2.14. The maximum absolute atomic E-state index is 12.1. The van der Waals surface area contributed by atoms with Gasteiger partial charge in [-0.15, -0.1) is 0 Å². The van der Waals surface area contributed by atoms with Crippen molar-refractivity contribution in [1.82, 2.24) is 9.38 Å². The van der Waals surface area contributed by atoms with Crippen molar-refractivity contribution in [2.75, 3.05) is 7.11 Å². The zero-order valence-corrected chi connectivity index (χ0v) is 10.6. The number of esters is 1. The second kappa shape index (κ2) is 3.98. The van der Waals surface area contributed by atoms with E-state index >= 15 is 0 Å². The third kappa shape index (κ3) is 1.55. The number of aromatic amines is 1. The molecule has 0 aliphatic carbocycles. The second-order valence-electron chi connectivity index (χ2n) is 4.36. The maximum Gasteiger partial charge on any atom is 0.342 e. The van der Waals surface area contributed by atoms with E-state index in [9.17, 15) is 9.59 Å². The number of rotatable bonds is 1. The van der Waals surface area contributed by atoms with Crippen molar-refractivity contribution in [3.8, 4) is 0 Å². The van der Waals surface area contributed by atoms with Crippen LogP contribution in [0.1, 0.15) is 16.1 Å². The van der Waals surface area contributed by atoms with Crippen LogP contribution in [0.4, 0.5) is 0 Å². The lowest BCUT2D eigenvalue weighted by molar-refractivity contribution is 0.0605.